The van der Waals surface area contributed by atoms with Gasteiger partial charge in [-0.25, -0.2) is 4.79 Å². The fourth-order valence-electron chi connectivity index (χ4n) is 3.13. The number of nitrogens with zero attached hydrogens (tertiary/aromatic N) is 1. The van der Waals surface area contributed by atoms with Crippen molar-refractivity contribution in [2.24, 2.45) is 0 Å². The molecule has 8 nitrogen and oxygen atoms in total. The first-order valence-electron chi connectivity index (χ1n) is 8.71. The Morgan fingerprint density at radius 3 is 2.55 bits per heavy atom. The molecule has 1 saturated heterocycles. The molecule has 0 spiro atoms. The van der Waals surface area contributed by atoms with Gasteiger partial charge in [-0.15, -0.1) is 0 Å². The van der Waals surface area contributed by atoms with Crippen LogP contribution < -0.4 is 20.1 Å². The number of benzene rings is 2. The Morgan fingerprint density at radius 1 is 1.17 bits per heavy atom. The molecule has 0 unspecified atom stereocenters. The maximum atomic E-state index is 13.0. The Kier molecular flexibility index (Phi) is 5.78. The number of urea groups is 1. The lowest BCUT2D eigenvalue weighted by Crippen LogP contribution is -2.42. The third-order valence-electron chi connectivity index (χ3n) is 4.67. The highest BCUT2D eigenvalue weighted by molar-refractivity contribution is 9.10. The van der Waals surface area contributed by atoms with E-state index in [9.17, 15) is 14.4 Å². The molecule has 4 amide bonds. The lowest BCUT2D eigenvalue weighted by molar-refractivity contribution is -0.133. The van der Waals surface area contributed by atoms with Gasteiger partial charge in [0.2, 0.25) is 5.91 Å². The Bertz CT molecular complexity index is 980. The van der Waals surface area contributed by atoms with Crippen molar-refractivity contribution in [3.63, 3.8) is 0 Å². The third kappa shape index (κ3) is 3.91. The number of carbonyl (C=O) groups excluding carboxylic acids is 3. The molecule has 0 aliphatic carbocycles. The number of ether oxygens (including phenoxy) is 2. The number of imide groups is 1. The summed E-state index contributed by atoms with van der Waals surface area (Å²) in [7, 11) is 2.97. The van der Waals surface area contributed by atoms with Crippen LogP contribution in [0, 0.1) is 0 Å². The van der Waals surface area contributed by atoms with Gasteiger partial charge in [-0.3, -0.25) is 14.5 Å². The second-order valence-corrected chi connectivity index (χ2v) is 7.40. The summed E-state index contributed by atoms with van der Waals surface area (Å²) in [5.74, 6) is -0.106. The van der Waals surface area contributed by atoms with Crippen molar-refractivity contribution >= 4 is 39.5 Å². The van der Waals surface area contributed by atoms with E-state index in [0.29, 0.717) is 27.2 Å². The molecule has 3 rings (SSSR count). The molecule has 1 heterocycles. The maximum Gasteiger partial charge on any atom is 0.325 e. The summed E-state index contributed by atoms with van der Waals surface area (Å²) in [5, 5.41) is 5.34. The minimum Gasteiger partial charge on any atom is -0.497 e. The lowest BCUT2D eigenvalue weighted by atomic mass is 9.92. The molecule has 1 fully saturated rings. The molecule has 1 atom stereocenters. The third-order valence-corrected chi connectivity index (χ3v) is 5.36. The SMILES string of the molecule is COc1ccc(OC)c(NC(=O)CN2C(=O)N[C@](C)(c3ccccc3Br)C2=O)c1. The monoisotopic (exact) mass is 461 g/mol. The zero-order chi connectivity index (χ0) is 21.2. The zero-order valence-electron chi connectivity index (χ0n) is 16.1. The minimum absolute atomic E-state index is 0.373. The van der Waals surface area contributed by atoms with Crippen LogP contribution in [0.5, 0.6) is 11.5 Å². The fourth-order valence-corrected chi connectivity index (χ4v) is 3.82. The highest BCUT2D eigenvalue weighted by Gasteiger charge is 2.50. The predicted octanol–water partition coefficient (Wildman–Crippen LogP) is 2.87. The van der Waals surface area contributed by atoms with E-state index in [1.54, 1.807) is 43.3 Å². The predicted molar refractivity (Wildman–Crippen MR) is 110 cm³/mol. The molecule has 2 aromatic carbocycles. The van der Waals surface area contributed by atoms with Gasteiger partial charge >= 0.3 is 6.03 Å². The first-order chi connectivity index (χ1) is 13.8. The number of methoxy groups -OCH3 is 2. The molecule has 0 saturated carbocycles. The van der Waals surface area contributed by atoms with Crippen molar-refractivity contribution in [1.82, 2.24) is 10.2 Å². The number of rotatable bonds is 6. The van der Waals surface area contributed by atoms with Gasteiger partial charge in [-0.2, -0.15) is 0 Å². The van der Waals surface area contributed by atoms with Gasteiger partial charge in [0.05, 0.1) is 19.9 Å². The van der Waals surface area contributed by atoms with Gasteiger partial charge in [0, 0.05) is 16.1 Å². The molecule has 2 aromatic rings. The summed E-state index contributed by atoms with van der Waals surface area (Å²) in [5.41, 5.74) is -0.293. The second kappa shape index (κ2) is 8.12. The van der Waals surface area contributed by atoms with E-state index in [1.807, 2.05) is 6.07 Å². The van der Waals surface area contributed by atoms with Gasteiger partial charge < -0.3 is 20.1 Å². The average molecular weight is 462 g/mol. The van der Waals surface area contributed by atoms with E-state index in [1.165, 1.54) is 14.2 Å². The number of carbonyl (C=O) groups is 3. The summed E-state index contributed by atoms with van der Waals surface area (Å²) < 4.78 is 11.1. The quantitative estimate of drug-likeness (QED) is 0.644. The van der Waals surface area contributed by atoms with E-state index < -0.39 is 29.9 Å². The number of halogens is 1. The van der Waals surface area contributed by atoms with Crippen LogP contribution in [0.25, 0.3) is 0 Å². The van der Waals surface area contributed by atoms with Crippen molar-refractivity contribution in [1.29, 1.82) is 0 Å². The number of anilines is 1. The molecule has 2 N–H and O–H groups in total. The molecule has 0 aromatic heterocycles. The molecule has 29 heavy (non-hydrogen) atoms. The number of hydrogen-bond acceptors (Lipinski definition) is 5. The van der Waals surface area contributed by atoms with E-state index >= 15 is 0 Å². The van der Waals surface area contributed by atoms with E-state index in [-0.39, 0.29) is 0 Å². The Morgan fingerprint density at radius 2 is 1.90 bits per heavy atom. The average Bonchev–Trinajstić information content (AvgIpc) is 2.92. The Balaban J connectivity index is 1.79. The van der Waals surface area contributed by atoms with Crippen LogP contribution >= 0.6 is 15.9 Å². The molecular formula is C20H20BrN3O5. The van der Waals surface area contributed by atoms with E-state index in [4.69, 9.17) is 9.47 Å². The minimum atomic E-state index is -1.27. The largest absolute Gasteiger partial charge is 0.497 e. The molecule has 152 valence electrons. The lowest BCUT2D eigenvalue weighted by Gasteiger charge is -2.23. The van der Waals surface area contributed by atoms with Crippen LogP contribution in [0.4, 0.5) is 10.5 Å². The zero-order valence-corrected chi connectivity index (χ0v) is 17.7. The first kappa shape index (κ1) is 20.7. The summed E-state index contributed by atoms with van der Waals surface area (Å²) in [6.45, 7) is 1.17. The topological polar surface area (TPSA) is 97.0 Å². The normalized spacial score (nSPS) is 18.4. The molecular weight excluding hydrogens is 442 g/mol. The molecule has 0 bridgehead atoms. The van der Waals surface area contributed by atoms with Gasteiger partial charge in [0.1, 0.15) is 23.6 Å². The van der Waals surface area contributed by atoms with Crippen molar-refractivity contribution in [2.75, 3.05) is 26.1 Å². The van der Waals surface area contributed by atoms with Crippen molar-refractivity contribution in [3.8, 4) is 11.5 Å². The number of nitrogens with one attached hydrogen (secondary N) is 2. The van der Waals surface area contributed by atoms with Crippen molar-refractivity contribution in [3.05, 3.63) is 52.5 Å². The van der Waals surface area contributed by atoms with E-state index in [2.05, 4.69) is 26.6 Å². The van der Waals surface area contributed by atoms with E-state index in [0.717, 1.165) is 4.90 Å². The highest BCUT2D eigenvalue weighted by atomic mass is 79.9. The van der Waals surface area contributed by atoms with Crippen LogP contribution in [0.2, 0.25) is 0 Å². The molecule has 9 heteroatoms. The number of hydrogen-bond donors (Lipinski definition) is 2. The summed E-state index contributed by atoms with van der Waals surface area (Å²) in [6, 6.07) is 11.4. The molecule has 1 aliphatic heterocycles. The van der Waals surface area contributed by atoms with Crippen LogP contribution in [0.15, 0.2) is 46.9 Å². The molecule has 1 aliphatic rings. The Hall–Kier alpha value is -3.07. The fraction of sp³-hybridized carbons (Fsp3) is 0.250. The van der Waals surface area contributed by atoms with Crippen LogP contribution in [-0.2, 0) is 15.1 Å². The Labute approximate surface area is 176 Å². The molecule has 0 radical (unpaired) electrons. The number of amides is 4. The standard InChI is InChI=1S/C20H20BrN3O5/c1-20(13-6-4-5-7-14(13)21)18(26)24(19(27)23-20)11-17(25)22-15-10-12(28-2)8-9-16(15)29-3/h4-10H,11H2,1-3H3,(H,22,25)(H,23,27)/t20-/m1/s1. The summed E-state index contributed by atoms with van der Waals surface area (Å²) in [4.78, 5) is 38.9. The van der Waals surface area contributed by atoms with Gasteiger partial charge in [0.25, 0.3) is 5.91 Å². The van der Waals surface area contributed by atoms with Crippen LogP contribution in [-0.4, -0.2) is 43.5 Å². The van der Waals surface area contributed by atoms with Crippen LogP contribution in [0.3, 0.4) is 0 Å². The van der Waals surface area contributed by atoms with Crippen molar-refractivity contribution < 1.29 is 23.9 Å². The van der Waals surface area contributed by atoms with Crippen LogP contribution in [0.1, 0.15) is 12.5 Å². The first-order valence-corrected chi connectivity index (χ1v) is 9.50. The highest BCUT2D eigenvalue weighted by Crippen LogP contribution is 2.34. The second-order valence-electron chi connectivity index (χ2n) is 6.54. The van der Waals surface area contributed by atoms with Gasteiger partial charge in [-0.1, -0.05) is 34.1 Å². The van der Waals surface area contributed by atoms with Gasteiger partial charge in [0.15, 0.2) is 0 Å². The summed E-state index contributed by atoms with van der Waals surface area (Å²) >= 11 is 3.41. The van der Waals surface area contributed by atoms with Crippen molar-refractivity contribution in [2.45, 2.75) is 12.5 Å². The smallest absolute Gasteiger partial charge is 0.325 e. The maximum absolute atomic E-state index is 13.0. The van der Waals surface area contributed by atoms with Gasteiger partial charge in [-0.05, 0) is 25.1 Å². The summed E-state index contributed by atoms with van der Waals surface area (Å²) in [6.07, 6.45) is 0.